The van der Waals surface area contributed by atoms with Crippen molar-refractivity contribution < 1.29 is 13.6 Å². The van der Waals surface area contributed by atoms with E-state index >= 15 is 4.39 Å². The summed E-state index contributed by atoms with van der Waals surface area (Å²) >= 11 is 0. The second kappa shape index (κ2) is 9.46. The molecule has 3 N–H and O–H groups in total. The van der Waals surface area contributed by atoms with Crippen LogP contribution in [0.2, 0.25) is 0 Å². The number of aromatic amines is 2. The van der Waals surface area contributed by atoms with Gasteiger partial charge in [0.2, 0.25) is 5.91 Å². The van der Waals surface area contributed by atoms with Crippen molar-refractivity contribution in [3.05, 3.63) is 67.3 Å². The Morgan fingerprint density at radius 3 is 2.77 bits per heavy atom. The van der Waals surface area contributed by atoms with E-state index in [2.05, 4.69) is 30.5 Å². The first kappa shape index (κ1) is 23.3. The fraction of sp³-hybridized carbons (Fsp3) is 0.207. The minimum Gasteiger partial charge on any atom is -0.472 e. The first-order chi connectivity index (χ1) is 19.1. The fourth-order valence-corrected chi connectivity index (χ4v) is 5.36. The van der Waals surface area contributed by atoms with Gasteiger partial charge >= 0.3 is 0 Å². The van der Waals surface area contributed by atoms with Crippen molar-refractivity contribution >= 4 is 33.5 Å². The lowest BCUT2D eigenvalue weighted by molar-refractivity contribution is -0.120. The molecule has 0 aliphatic heterocycles. The normalized spacial score (nSPS) is 14.3. The number of benzene rings is 1. The lowest BCUT2D eigenvalue weighted by Crippen LogP contribution is -2.24. The van der Waals surface area contributed by atoms with E-state index in [1.165, 1.54) is 12.5 Å². The van der Waals surface area contributed by atoms with Crippen LogP contribution in [0.25, 0.3) is 55.8 Å². The lowest BCUT2D eigenvalue weighted by atomic mass is 9.88. The molecule has 0 spiro atoms. The quantitative estimate of drug-likeness (QED) is 0.238. The third-order valence-electron chi connectivity index (χ3n) is 7.36. The van der Waals surface area contributed by atoms with Gasteiger partial charge < -0.3 is 14.7 Å². The Labute approximate surface area is 221 Å². The number of imidazole rings is 1. The summed E-state index contributed by atoms with van der Waals surface area (Å²) in [5.74, 6) is 0.109. The van der Waals surface area contributed by atoms with Crippen LogP contribution in [0.1, 0.15) is 32.1 Å². The van der Waals surface area contributed by atoms with Crippen LogP contribution in [-0.2, 0) is 4.79 Å². The van der Waals surface area contributed by atoms with Crippen molar-refractivity contribution in [1.82, 2.24) is 30.1 Å². The molecule has 1 saturated carbocycles. The molecular weight excluding hydrogens is 497 g/mol. The maximum Gasteiger partial charge on any atom is 0.227 e. The fourth-order valence-electron chi connectivity index (χ4n) is 5.36. The van der Waals surface area contributed by atoms with Crippen molar-refractivity contribution in [3.63, 3.8) is 0 Å². The predicted octanol–water partition coefficient (Wildman–Crippen LogP) is 6.48. The van der Waals surface area contributed by atoms with Crippen molar-refractivity contribution in [3.8, 4) is 33.9 Å². The number of hydrogen-bond donors (Lipinski definition) is 3. The van der Waals surface area contributed by atoms with Gasteiger partial charge in [-0.05, 0) is 37.1 Å². The Kier molecular flexibility index (Phi) is 5.65. The second-order valence-electron chi connectivity index (χ2n) is 9.89. The molecule has 1 aliphatic carbocycles. The molecule has 5 heterocycles. The van der Waals surface area contributed by atoms with E-state index in [-0.39, 0.29) is 11.8 Å². The van der Waals surface area contributed by atoms with Crippen LogP contribution in [0.4, 0.5) is 10.1 Å². The average Bonchev–Trinajstić information content (AvgIpc) is 3.72. The summed E-state index contributed by atoms with van der Waals surface area (Å²) in [6.07, 6.45) is 13.2. The molecule has 39 heavy (non-hydrogen) atoms. The Hall–Kier alpha value is -4.86. The van der Waals surface area contributed by atoms with Crippen LogP contribution in [-0.4, -0.2) is 36.0 Å². The Morgan fingerprint density at radius 2 is 1.92 bits per heavy atom. The second-order valence-corrected chi connectivity index (χ2v) is 9.89. The Bertz CT molecular complexity index is 1820. The highest BCUT2D eigenvalue weighted by molar-refractivity contribution is 5.98. The smallest absolute Gasteiger partial charge is 0.227 e. The zero-order valence-electron chi connectivity index (χ0n) is 20.9. The SMILES string of the molecule is O=C(Nc1cncc(-c2cc3c(-c4nc5c(-c6ccoc6)nccc5[nH]4)n[nH]c3cc2F)c1)C1CCCCC1. The predicted molar refractivity (Wildman–Crippen MR) is 145 cm³/mol. The first-order valence-corrected chi connectivity index (χ1v) is 13.0. The molecule has 0 bridgehead atoms. The highest BCUT2D eigenvalue weighted by Gasteiger charge is 2.22. The molecule has 194 valence electrons. The van der Waals surface area contributed by atoms with Crippen LogP contribution in [0.5, 0.6) is 0 Å². The summed E-state index contributed by atoms with van der Waals surface area (Å²) < 4.78 is 20.5. The van der Waals surface area contributed by atoms with Crippen LogP contribution < -0.4 is 5.32 Å². The van der Waals surface area contributed by atoms with E-state index in [1.807, 2.05) is 12.1 Å². The van der Waals surface area contributed by atoms with Gasteiger partial charge in [-0.15, -0.1) is 0 Å². The van der Waals surface area contributed by atoms with E-state index in [0.29, 0.717) is 50.4 Å². The first-order valence-electron chi connectivity index (χ1n) is 13.0. The molecule has 0 saturated heterocycles. The molecule has 1 amide bonds. The largest absolute Gasteiger partial charge is 0.472 e. The van der Waals surface area contributed by atoms with Gasteiger partial charge in [-0.1, -0.05) is 19.3 Å². The van der Waals surface area contributed by atoms with Crippen LogP contribution in [0.15, 0.2) is 65.9 Å². The number of carbonyl (C=O) groups is 1. The molecule has 9 nitrogen and oxygen atoms in total. The van der Waals surface area contributed by atoms with Gasteiger partial charge in [0.1, 0.15) is 22.7 Å². The number of anilines is 1. The number of nitrogens with one attached hydrogen (secondary N) is 3. The molecule has 0 unspecified atom stereocenters. The van der Waals surface area contributed by atoms with Gasteiger partial charge in [0, 0.05) is 46.5 Å². The van der Waals surface area contributed by atoms with Crippen molar-refractivity contribution in [1.29, 1.82) is 0 Å². The number of furan rings is 1. The highest BCUT2D eigenvalue weighted by Crippen LogP contribution is 2.34. The number of H-pyrrole nitrogens is 2. The summed E-state index contributed by atoms with van der Waals surface area (Å²) in [5.41, 5.74) is 5.52. The van der Waals surface area contributed by atoms with Gasteiger partial charge in [-0.2, -0.15) is 5.10 Å². The number of aromatic nitrogens is 6. The van der Waals surface area contributed by atoms with E-state index in [4.69, 9.17) is 9.40 Å². The van der Waals surface area contributed by atoms with Gasteiger partial charge in [0.15, 0.2) is 5.82 Å². The number of pyridine rings is 2. The average molecular weight is 522 g/mol. The zero-order chi connectivity index (χ0) is 26.3. The topological polar surface area (TPSA) is 125 Å². The molecule has 6 aromatic rings. The number of amides is 1. The molecule has 0 radical (unpaired) electrons. The van der Waals surface area contributed by atoms with E-state index < -0.39 is 5.82 Å². The number of fused-ring (bicyclic) bond motifs is 2. The minimum absolute atomic E-state index is 0.00383. The monoisotopic (exact) mass is 521 g/mol. The van der Waals surface area contributed by atoms with Crippen LogP contribution in [0.3, 0.4) is 0 Å². The summed E-state index contributed by atoms with van der Waals surface area (Å²) in [5, 5.41) is 11.0. The molecule has 0 atom stereocenters. The summed E-state index contributed by atoms with van der Waals surface area (Å²) in [4.78, 5) is 29.6. The highest BCUT2D eigenvalue weighted by atomic mass is 19.1. The molecular formula is C29H24FN7O2. The minimum atomic E-state index is -0.425. The molecule has 5 aromatic heterocycles. The molecule has 1 aliphatic rings. The van der Waals surface area contributed by atoms with Gasteiger partial charge in [0.05, 0.1) is 35.4 Å². The summed E-state index contributed by atoms with van der Waals surface area (Å²) in [6, 6.07) is 8.57. The van der Waals surface area contributed by atoms with Gasteiger partial charge in [-0.3, -0.25) is 19.9 Å². The maximum atomic E-state index is 15.3. The van der Waals surface area contributed by atoms with E-state index in [0.717, 1.165) is 36.8 Å². The lowest BCUT2D eigenvalue weighted by Gasteiger charge is -2.20. The standard InChI is InChI=1S/C29H24FN7O2/c30-22-12-24-21(11-20(22)18-10-19(14-31-13-18)33-29(38)16-4-2-1-3-5-16)26(37-36-24)28-34-23-6-8-32-25(27(23)35-28)17-7-9-39-15-17/h6-16H,1-5H2,(H,33,38)(H,34,35)(H,36,37). The van der Waals surface area contributed by atoms with Crippen LogP contribution in [0, 0.1) is 11.7 Å². The number of halogens is 1. The summed E-state index contributed by atoms with van der Waals surface area (Å²) in [6.45, 7) is 0. The molecule has 10 heteroatoms. The number of hydrogen-bond acceptors (Lipinski definition) is 6. The van der Waals surface area contributed by atoms with E-state index in [9.17, 15) is 4.79 Å². The maximum absolute atomic E-state index is 15.3. The molecule has 7 rings (SSSR count). The Balaban J connectivity index is 1.25. The third-order valence-corrected chi connectivity index (χ3v) is 7.36. The van der Waals surface area contributed by atoms with Crippen LogP contribution >= 0.6 is 0 Å². The molecule has 1 aromatic carbocycles. The van der Waals surface area contributed by atoms with Crippen molar-refractivity contribution in [2.24, 2.45) is 5.92 Å². The van der Waals surface area contributed by atoms with Gasteiger partial charge in [-0.25, -0.2) is 9.37 Å². The number of nitrogens with zero attached hydrogens (tertiary/aromatic N) is 4. The van der Waals surface area contributed by atoms with Crippen molar-refractivity contribution in [2.45, 2.75) is 32.1 Å². The number of rotatable bonds is 5. The van der Waals surface area contributed by atoms with Gasteiger partial charge in [0.25, 0.3) is 0 Å². The van der Waals surface area contributed by atoms with E-state index in [1.54, 1.807) is 43.2 Å². The third kappa shape index (κ3) is 4.23. The molecule has 1 fully saturated rings. The zero-order valence-corrected chi connectivity index (χ0v) is 20.9. The number of carbonyl (C=O) groups excluding carboxylic acids is 1. The summed E-state index contributed by atoms with van der Waals surface area (Å²) in [7, 11) is 0. The Morgan fingerprint density at radius 1 is 1.03 bits per heavy atom. The van der Waals surface area contributed by atoms with Crippen molar-refractivity contribution in [2.75, 3.05) is 5.32 Å².